The third-order valence-corrected chi connectivity index (χ3v) is 6.72. The van der Waals surface area contributed by atoms with Gasteiger partial charge in [-0.1, -0.05) is 90.2 Å². The molecule has 0 amide bonds. The molecular formula is C24H17N3S2. The Morgan fingerprint density at radius 3 is 2.41 bits per heavy atom. The van der Waals surface area contributed by atoms with Crippen LogP contribution >= 0.6 is 24.0 Å². The van der Waals surface area contributed by atoms with Gasteiger partial charge in [-0.3, -0.25) is 0 Å². The van der Waals surface area contributed by atoms with Crippen molar-refractivity contribution in [1.82, 2.24) is 5.32 Å². The van der Waals surface area contributed by atoms with Gasteiger partial charge >= 0.3 is 0 Å². The van der Waals surface area contributed by atoms with E-state index in [0.29, 0.717) is 15.5 Å². The van der Waals surface area contributed by atoms with Crippen LogP contribution in [0.25, 0.3) is 16.5 Å². The van der Waals surface area contributed by atoms with Gasteiger partial charge < -0.3 is 5.32 Å². The molecule has 0 bridgehead atoms. The van der Waals surface area contributed by atoms with Gasteiger partial charge in [-0.05, 0) is 34.9 Å². The number of hydrogen-bond acceptors (Lipinski definition) is 5. The zero-order valence-corrected chi connectivity index (χ0v) is 17.4. The van der Waals surface area contributed by atoms with Crippen molar-refractivity contribution in [2.45, 2.75) is 18.2 Å². The second kappa shape index (κ2) is 7.72. The van der Waals surface area contributed by atoms with E-state index in [0.717, 1.165) is 27.5 Å². The van der Waals surface area contributed by atoms with E-state index >= 15 is 0 Å². The minimum absolute atomic E-state index is 0.213. The molecule has 0 fully saturated rings. The maximum atomic E-state index is 9.75. The minimum Gasteiger partial charge on any atom is -0.364 e. The molecule has 1 aliphatic heterocycles. The molecule has 4 rings (SSSR count). The zero-order valence-electron chi connectivity index (χ0n) is 15.8. The lowest BCUT2D eigenvalue weighted by Gasteiger charge is -2.38. The summed E-state index contributed by atoms with van der Waals surface area (Å²) in [6.45, 7) is 2.02. The second-order valence-corrected chi connectivity index (χ2v) is 8.94. The van der Waals surface area contributed by atoms with Crippen molar-refractivity contribution in [3.8, 4) is 12.1 Å². The summed E-state index contributed by atoms with van der Waals surface area (Å²) in [4.78, 5) is -0.754. The van der Waals surface area contributed by atoms with Crippen molar-refractivity contribution in [3.05, 3.63) is 89.0 Å². The third kappa shape index (κ3) is 3.51. The van der Waals surface area contributed by atoms with Gasteiger partial charge in [0.25, 0.3) is 0 Å². The fourth-order valence-corrected chi connectivity index (χ4v) is 5.18. The Morgan fingerprint density at radius 1 is 1.00 bits per heavy atom. The van der Waals surface area contributed by atoms with Crippen molar-refractivity contribution < 1.29 is 0 Å². The Balaban J connectivity index is 1.88. The second-order valence-electron chi connectivity index (χ2n) is 6.97. The summed E-state index contributed by atoms with van der Waals surface area (Å²) in [6, 6.07) is 26.8. The molecule has 0 radical (unpaired) electrons. The van der Waals surface area contributed by atoms with E-state index in [1.165, 1.54) is 11.8 Å². The van der Waals surface area contributed by atoms with E-state index in [4.69, 9.17) is 12.2 Å². The van der Waals surface area contributed by atoms with Crippen LogP contribution in [0, 0.1) is 29.6 Å². The van der Waals surface area contributed by atoms with E-state index < -0.39 is 4.87 Å². The maximum Gasteiger partial charge on any atom is 0.128 e. The van der Waals surface area contributed by atoms with Gasteiger partial charge in [-0.2, -0.15) is 10.5 Å². The molecule has 0 saturated heterocycles. The first kappa shape index (κ1) is 19.2. The number of thioether (sulfide) groups is 1. The molecule has 5 heteroatoms. The number of rotatable bonds is 3. The first-order chi connectivity index (χ1) is 14.1. The van der Waals surface area contributed by atoms with Crippen LogP contribution in [0.2, 0.25) is 0 Å². The summed E-state index contributed by atoms with van der Waals surface area (Å²) in [5, 5.41) is 25.1. The summed E-state index contributed by atoms with van der Waals surface area (Å²) < 4.78 is 0.505. The molecule has 140 valence electrons. The Morgan fingerprint density at radius 2 is 1.72 bits per heavy atom. The lowest BCUT2D eigenvalue weighted by atomic mass is 9.97. The quantitative estimate of drug-likeness (QED) is 0.551. The maximum absolute atomic E-state index is 9.75. The average molecular weight is 412 g/mol. The van der Waals surface area contributed by atoms with E-state index in [1.807, 2.05) is 49.4 Å². The van der Waals surface area contributed by atoms with Crippen LogP contribution in [-0.4, -0.2) is 4.20 Å². The number of thiocarbonyl (C=S) groups is 1. The first-order valence-corrected chi connectivity index (χ1v) is 10.4. The van der Waals surface area contributed by atoms with Crippen molar-refractivity contribution in [2.24, 2.45) is 0 Å². The molecule has 3 nitrogen and oxygen atoms in total. The average Bonchev–Trinajstić information content (AvgIpc) is 2.74. The summed E-state index contributed by atoms with van der Waals surface area (Å²) in [7, 11) is 0. The van der Waals surface area contributed by atoms with E-state index in [-0.39, 0.29) is 6.42 Å². The molecule has 1 heterocycles. The van der Waals surface area contributed by atoms with Gasteiger partial charge in [0.2, 0.25) is 0 Å². The first-order valence-electron chi connectivity index (χ1n) is 9.15. The van der Waals surface area contributed by atoms with Crippen molar-refractivity contribution in [2.75, 3.05) is 0 Å². The van der Waals surface area contributed by atoms with Crippen LogP contribution in [0.5, 0.6) is 0 Å². The Kier molecular flexibility index (Phi) is 5.11. The van der Waals surface area contributed by atoms with Crippen LogP contribution < -0.4 is 5.32 Å². The van der Waals surface area contributed by atoms with Crippen LogP contribution in [0.1, 0.15) is 23.1 Å². The fraction of sp³-hybridized carbons (Fsp3) is 0.125. The molecule has 0 aromatic heterocycles. The molecule has 1 unspecified atom stereocenters. The molecule has 1 atom stereocenters. The lowest BCUT2D eigenvalue weighted by molar-refractivity contribution is 0.586. The van der Waals surface area contributed by atoms with Crippen LogP contribution in [0.4, 0.5) is 0 Å². The Labute approximate surface area is 179 Å². The fourth-order valence-electron chi connectivity index (χ4n) is 3.50. The van der Waals surface area contributed by atoms with Gasteiger partial charge in [0, 0.05) is 0 Å². The smallest absolute Gasteiger partial charge is 0.128 e. The lowest BCUT2D eigenvalue weighted by Crippen LogP contribution is -2.42. The number of hydrogen-bond donors (Lipinski definition) is 1. The number of nitriles is 2. The standard InChI is InChI=1S/C24H17N3S2/c1-16-6-8-18(9-7-16)22-21(15-26)23(28)29-24(27-22,12-13-25)20-11-10-17-4-2-3-5-19(17)14-20/h2-11,14,27H,12H2,1H3. The van der Waals surface area contributed by atoms with Crippen molar-refractivity contribution in [1.29, 1.82) is 10.5 Å². The molecular weight excluding hydrogens is 394 g/mol. The third-order valence-electron chi connectivity index (χ3n) is 5.04. The summed E-state index contributed by atoms with van der Waals surface area (Å²) in [6.07, 6.45) is 0.213. The number of nitrogens with one attached hydrogen (secondary N) is 1. The topological polar surface area (TPSA) is 59.6 Å². The van der Waals surface area contributed by atoms with Gasteiger partial charge in [0.1, 0.15) is 16.5 Å². The van der Waals surface area contributed by atoms with Crippen LogP contribution in [0.3, 0.4) is 0 Å². The molecule has 1 aliphatic rings. The van der Waals surface area contributed by atoms with Crippen LogP contribution in [-0.2, 0) is 4.87 Å². The monoisotopic (exact) mass is 411 g/mol. The van der Waals surface area contributed by atoms with Crippen molar-refractivity contribution >= 4 is 44.6 Å². The normalized spacial score (nSPS) is 18.8. The highest BCUT2D eigenvalue weighted by atomic mass is 32.2. The number of nitrogens with zero attached hydrogens (tertiary/aromatic N) is 2. The predicted octanol–water partition coefficient (Wildman–Crippen LogP) is 5.81. The summed E-state index contributed by atoms with van der Waals surface area (Å²) in [5.74, 6) is 0. The zero-order chi connectivity index (χ0) is 20.4. The number of benzene rings is 3. The largest absolute Gasteiger partial charge is 0.364 e. The van der Waals surface area contributed by atoms with E-state index in [9.17, 15) is 10.5 Å². The SMILES string of the molecule is Cc1ccc(C2=C(C#N)C(=S)SC(CC#N)(c3ccc4ccccc4c3)N2)cc1. The van der Waals surface area contributed by atoms with Crippen LogP contribution in [0.15, 0.2) is 72.3 Å². The van der Waals surface area contributed by atoms with Gasteiger partial charge in [0.05, 0.1) is 22.4 Å². The highest BCUT2D eigenvalue weighted by Crippen LogP contribution is 2.46. The minimum atomic E-state index is -0.754. The van der Waals surface area contributed by atoms with Gasteiger partial charge in [0.15, 0.2) is 0 Å². The molecule has 0 spiro atoms. The molecule has 1 N–H and O–H groups in total. The van der Waals surface area contributed by atoms with Gasteiger partial charge in [-0.25, -0.2) is 0 Å². The van der Waals surface area contributed by atoms with E-state index in [2.05, 4.69) is 41.7 Å². The molecule has 3 aromatic rings. The highest BCUT2D eigenvalue weighted by molar-refractivity contribution is 8.24. The molecule has 0 saturated carbocycles. The van der Waals surface area contributed by atoms with E-state index in [1.54, 1.807) is 0 Å². The number of aryl methyl sites for hydroxylation is 1. The molecule has 3 aromatic carbocycles. The summed E-state index contributed by atoms with van der Waals surface area (Å²) >= 11 is 6.99. The van der Waals surface area contributed by atoms with Crippen molar-refractivity contribution in [3.63, 3.8) is 0 Å². The number of fused-ring (bicyclic) bond motifs is 1. The summed E-state index contributed by atoms with van der Waals surface area (Å²) in [5.41, 5.74) is 4.12. The highest BCUT2D eigenvalue weighted by Gasteiger charge is 2.41. The Hall–Kier alpha value is -3.12. The Bertz CT molecular complexity index is 1230. The molecule has 0 aliphatic carbocycles. The van der Waals surface area contributed by atoms with Gasteiger partial charge in [-0.15, -0.1) is 0 Å². The predicted molar refractivity (Wildman–Crippen MR) is 123 cm³/mol. The molecule has 29 heavy (non-hydrogen) atoms.